The Balaban J connectivity index is 1.44. The zero-order valence-corrected chi connectivity index (χ0v) is 22.1. The number of hydrogen-bond donors (Lipinski definition) is 3. The highest BCUT2D eigenvalue weighted by atomic mass is 35.5. The summed E-state index contributed by atoms with van der Waals surface area (Å²) >= 11 is 12.2. The van der Waals surface area contributed by atoms with Crippen LogP contribution in [-0.2, 0) is 28.6 Å². The maximum absolute atomic E-state index is 14.8. The standard InChI is InChI=1S/C26H26Cl2FN3O3S/c1-15-10-19-11-17(6-7-18(19)13-30-15)14-36(34,35)20-8-9-24(23(29)12-20)32-26(33)31-16(2)21-4-3-5-22(27)25(21)28/h3-9,11-12,15-16,30H,10,13-14H2,1-2H3,(H2,31,32,33). The highest BCUT2D eigenvalue weighted by Gasteiger charge is 2.21. The number of halogens is 3. The van der Waals surface area contributed by atoms with Crippen LogP contribution < -0.4 is 16.0 Å². The van der Waals surface area contributed by atoms with E-state index in [9.17, 15) is 17.6 Å². The fraction of sp³-hybridized carbons (Fsp3) is 0.269. The van der Waals surface area contributed by atoms with Gasteiger partial charge in [0.25, 0.3) is 0 Å². The molecule has 0 saturated carbocycles. The monoisotopic (exact) mass is 549 g/mol. The van der Waals surface area contributed by atoms with Crippen molar-refractivity contribution in [1.29, 1.82) is 0 Å². The first-order valence-electron chi connectivity index (χ1n) is 11.4. The van der Waals surface area contributed by atoms with Crippen molar-refractivity contribution < 1.29 is 17.6 Å². The molecule has 2 amide bonds. The number of benzene rings is 3. The van der Waals surface area contributed by atoms with Gasteiger partial charge in [-0.05, 0) is 66.8 Å². The zero-order valence-electron chi connectivity index (χ0n) is 19.7. The molecule has 0 saturated heterocycles. The van der Waals surface area contributed by atoms with E-state index in [2.05, 4.69) is 22.9 Å². The van der Waals surface area contributed by atoms with Crippen molar-refractivity contribution in [2.24, 2.45) is 0 Å². The van der Waals surface area contributed by atoms with Crippen LogP contribution in [0.5, 0.6) is 0 Å². The van der Waals surface area contributed by atoms with E-state index < -0.39 is 27.7 Å². The maximum atomic E-state index is 14.8. The molecule has 2 unspecified atom stereocenters. The van der Waals surface area contributed by atoms with Gasteiger partial charge in [-0.3, -0.25) is 0 Å². The molecule has 3 aromatic carbocycles. The summed E-state index contributed by atoms with van der Waals surface area (Å²) < 4.78 is 40.7. The number of carbonyl (C=O) groups is 1. The first-order chi connectivity index (χ1) is 17.0. The number of amides is 2. The SMILES string of the molecule is CC1Cc2cc(CS(=O)(=O)c3ccc(NC(=O)NC(C)c4cccc(Cl)c4Cl)c(F)c3)ccc2CN1. The molecule has 1 aliphatic rings. The van der Waals surface area contributed by atoms with Crippen LogP contribution in [0, 0.1) is 5.82 Å². The van der Waals surface area contributed by atoms with Crippen molar-refractivity contribution in [2.75, 3.05) is 5.32 Å². The average molecular weight is 550 g/mol. The summed E-state index contributed by atoms with van der Waals surface area (Å²) in [4.78, 5) is 12.3. The topological polar surface area (TPSA) is 87.3 Å². The van der Waals surface area contributed by atoms with Gasteiger partial charge in [-0.1, -0.05) is 53.5 Å². The smallest absolute Gasteiger partial charge is 0.319 e. The third kappa shape index (κ3) is 6.00. The Hall–Kier alpha value is -2.65. The summed E-state index contributed by atoms with van der Waals surface area (Å²) in [7, 11) is -3.80. The summed E-state index contributed by atoms with van der Waals surface area (Å²) in [6, 6.07) is 13.3. The molecule has 1 aliphatic heterocycles. The Morgan fingerprint density at radius 1 is 1.14 bits per heavy atom. The predicted molar refractivity (Wildman–Crippen MR) is 141 cm³/mol. The van der Waals surface area contributed by atoms with Crippen LogP contribution in [0.4, 0.5) is 14.9 Å². The molecule has 1 heterocycles. The van der Waals surface area contributed by atoms with Crippen molar-refractivity contribution in [2.45, 2.75) is 49.5 Å². The van der Waals surface area contributed by atoms with Crippen LogP contribution >= 0.6 is 23.2 Å². The molecule has 0 aromatic heterocycles. The van der Waals surface area contributed by atoms with Crippen molar-refractivity contribution in [3.63, 3.8) is 0 Å². The Morgan fingerprint density at radius 2 is 1.92 bits per heavy atom. The van der Waals surface area contributed by atoms with Gasteiger partial charge < -0.3 is 16.0 Å². The van der Waals surface area contributed by atoms with E-state index in [1.807, 2.05) is 12.1 Å². The second-order valence-electron chi connectivity index (χ2n) is 8.95. The highest BCUT2D eigenvalue weighted by Crippen LogP contribution is 2.30. The lowest BCUT2D eigenvalue weighted by atomic mass is 9.95. The largest absolute Gasteiger partial charge is 0.331 e. The van der Waals surface area contributed by atoms with Gasteiger partial charge >= 0.3 is 6.03 Å². The maximum Gasteiger partial charge on any atom is 0.319 e. The first kappa shape index (κ1) is 26.4. The van der Waals surface area contributed by atoms with E-state index >= 15 is 0 Å². The Bertz CT molecular complexity index is 1420. The molecule has 3 N–H and O–H groups in total. The van der Waals surface area contributed by atoms with Gasteiger partial charge in [0.05, 0.1) is 32.4 Å². The summed E-state index contributed by atoms with van der Waals surface area (Å²) in [5, 5.41) is 9.12. The predicted octanol–water partition coefficient (Wildman–Crippen LogP) is 6.02. The molecular formula is C26H26Cl2FN3O3S. The van der Waals surface area contributed by atoms with Gasteiger partial charge in [0, 0.05) is 12.6 Å². The van der Waals surface area contributed by atoms with Crippen LogP contribution in [0.1, 0.15) is 42.1 Å². The lowest BCUT2D eigenvalue weighted by Gasteiger charge is -2.23. The summed E-state index contributed by atoms with van der Waals surface area (Å²) in [6.45, 7) is 4.54. The van der Waals surface area contributed by atoms with Crippen LogP contribution in [-0.4, -0.2) is 20.5 Å². The lowest BCUT2D eigenvalue weighted by Crippen LogP contribution is -2.32. The van der Waals surface area contributed by atoms with Gasteiger partial charge in [0.2, 0.25) is 0 Å². The number of carbonyl (C=O) groups excluding carboxylic acids is 1. The minimum atomic E-state index is -3.80. The normalized spacial score (nSPS) is 16.2. The summed E-state index contributed by atoms with van der Waals surface area (Å²) in [5.74, 6) is -1.10. The van der Waals surface area contributed by atoms with Gasteiger partial charge in [0.1, 0.15) is 5.82 Å². The summed E-state index contributed by atoms with van der Waals surface area (Å²) in [6.07, 6.45) is 0.822. The third-order valence-electron chi connectivity index (χ3n) is 6.14. The highest BCUT2D eigenvalue weighted by molar-refractivity contribution is 7.90. The minimum Gasteiger partial charge on any atom is -0.331 e. The average Bonchev–Trinajstić information content (AvgIpc) is 2.81. The number of rotatable bonds is 6. The number of nitrogens with one attached hydrogen (secondary N) is 3. The summed E-state index contributed by atoms with van der Waals surface area (Å²) in [5.41, 5.74) is 3.39. The Kier molecular flexibility index (Phi) is 7.90. The van der Waals surface area contributed by atoms with Crippen LogP contribution in [0.25, 0.3) is 0 Å². The third-order valence-corrected chi connectivity index (χ3v) is 8.66. The van der Waals surface area contributed by atoms with Gasteiger partial charge in [0.15, 0.2) is 9.84 Å². The molecule has 0 aliphatic carbocycles. The second kappa shape index (κ2) is 10.8. The van der Waals surface area contributed by atoms with Crippen molar-refractivity contribution in [3.8, 4) is 0 Å². The Labute approximate surface area is 220 Å². The molecule has 190 valence electrons. The molecule has 4 rings (SSSR count). The second-order valence-corrected chi connectivity index (χ2v) is 11.7. The molecule has 2 atom stereocenters. The lowest BCUT2D eigenvalue weighted by molar-refractivity contribution is 0.249. The van der Waals surface area contributed by atoms with E-state index in [-0.39, 0.29) is 16.3 Å². The molecule has 0 bridgehead atoms. The fourth-order valence-electron chi connectivity index (χ4n) is 4.20. The van der Waals surface area contributed by atoms with E-state index in [1.54, 1.807) is 31.2 Å². The molecule has 6 nitrogen and oxygen atoms in total. The van der Waals surface area contributed by atoms with Crippen molar-refractivity contribution >= 4 is 44.8 Å². The van der Waals surface area contributed by atoms with Crippen LogP contribution in [0.2, 0.25) is 10.0 Å². The zero-order chi connectivity index (χ0) is 26.0. The van der Waals surface area contributed by atoms with Gasteiger partial charge in [-0.2, -0.15) is 0 Å². The molecule has 3 aromatic rings. The number of urea groups is 1. The van der Waals surface area contributed by atoms with E-state index in [0.717, 1.165) is 30.2 Å². The number of hydrogen-bond acceptors (Lipinski definition) is 4. The number of anilines is 1. The molecule has 0 spiro atoms. The molecule has 36 heavy (non-hydrogen) atoms. The van der Waals surface area contributed by atoms with Crippen molar-refractivity contribution in [1.82, 2.24) is 10.6 Å². The first-order valence-corrected chi connectivity index (χ1v) is 13.8. The Morgan fingerprint density at radius 3 is 2.67 bits per heavy atom. The van der Waals surface area contributed by atoms with Crippen molar-refractivity contribution in [3.05, 3.63) is 92.7 Å². The number of sulfone groups is 1. The molecule has 0 fully saturated rings. The molecular weight excluding hydrogens is 524 g/mol. The van der Waals surface area contributed by atoms with E-state index in [1.165, 1.54) is 12.1 Å². The van der Waals surface area contributed by atoms with Crippen LogP contribution in [0.15, 0.2) is 59.5 Å². The van der Waals surface area contributed by atoms with E-state index in [4.69, 9.17) is 23.2 Å². The quantitative estimate of drug-likeness (QED) is 0.350. The molecule has 0 radical (unpaired) electrons. The number of fused-ring (bicyclic) bond motifs is 1. The fourth-order valence-corrected chi connectivity index (χ4v) is 6.01. The van der Waals surface area contributed by atoms with Crippen LogP contribution in [0.3, 0.4) is 0 Å². The minimum absolute atomic E-state index is 0.147. The van der Waals surface area contributed by atoms with E-state index in [0.29, 0.717) is 27.2 Å². The molecule has 10 heteroatoms. The van der Waals surface area contributed by atoms with Gasteiger partial charge in [-0.15, -0.1) is 0 Å². The van der Waals surface area contributed by atoms with Gasteiger partial charge in [-0.25, -0.2) is 17.6 Å².